The van der Waals surface area contributed by atoms with E-state index >= 15 is 0 Å². The number of hydrogen-bond donors (Lipinski definition) is 0. The lowest BCUT2D eigenvalue weighted by molar-refractivity contribution is -0.189. The molecule has 4 rings (SSSR count). The van der Waals surface area contributed by atoms with Gasteiger partial charge in [0.2, 0.25) is 0 Å². The van der Waals surface area contributed by atoms with Crippen LogP contribution in [0.2, 0.25) is 5.02 Å². The number of hydrogen-bond acceptors (Lipinski definition) is 5. The molecule has 0 aliphatic carbocycles. The summed E-state index contributed by atoms with van der Waals surface area (Å²) in [4.78, 5) is 18.7. The summed E-state index contributed by atoms with van der Waals surface area (Å²) in [6.07, 6.45) is -4.15. The smallest absolute Gasteiger partial charge is 0.425 e. The van der Waals surface area contributed by atoms with Gasteiger partial charge in [-0.15, -0.1) is 0 Å². The van der Waals surface area contributed by atoms with Crippen molar-refractivity contribution in [1.29, 1.82) is 5.26 Å². The van der Waals surface area contributed by atoms with Gasteiger partial charge in [-0.3, -0.25) is 4.79 Å². The Kier molecular flexibility index (Phi) is 5.95. The second kappa shape index (κ2) is 8.61. The highest BCUT2D eigenvalue weighted by molar-refractivity contribution is 6.35. The van der Waals surface area contributed by atoms with Crippen LogP contribution in [0.15, 0.2) is 30.6 Å². The number of ether oxygens (including phenoxy) is 1. The number of amides is 1. The highest BCUT2D eigenvalue weighted by atomic mass is 35.5. The van der Waals surface area contributed by atoms with Crippen LogP contribution in [0, 0.1) is 24.1 Å². The van der Waals surface area contributed by atoms with Crippen molar-refractivity contribution in [2.45, 2.75) is 39.2 Å². The molecule has 0 saturated heterocycles. The lowest BCUT2D eigenvalue weighted by Gasteiger charge is -2.23. The molecule has 176 valence electrons. The van der Waals surface area contributed by atoms with Gasteiger partial charge < -0.3 is 9.64 Å². The van der Waals surface area contributed by atoms with Crippen LogP contribution in [0.25, 0.3) is 5.82 Å². The zero-order valence-electron chi connectivity index (χ0n) is 17.8. The average Bonchev–Trinajstić information content (AvgIpc) is 3.32. The molecule has 0 saturated carbocycles. The Morgan fingerprint density at radius 1 is 1.32 bits per heavy atom. The minimum absolute atomic E-state index is 0.0444. The summed E-state index contributed by atoms with van der Waals surface area (Å²) in [5, 5.41) is 13.4. The summed E-state index contributed by atoms with van der Waals surface area (Å²) in [5.41, 5.74) is 1.38. The van der Waals surface area contributed by atoms with Gasteiger partial charge in [-0.05, 0) is 37.6 Å². The van der Waals surface area contributed by atoms with E-state index in [4.69, 9.17) is 16.3 Å². The SMILES string of the molecule is Cc1cc(F)cnc1-n1cc2c(n1)CN(C(=O)c1c(O[C@@H](C)C(F)(F)F)ccc(C#N)c1Cl)C2. The number of pyridine rings is 1. The molecule has 7 nitrogen and oxygen atoms in total. The van der Waals surface area contributed by atoms with Gasteiger partial charge in [-0.25, -0.2) is 14.1 Å². The Morgan fingerprint density at radius 2 is 2.06 bits per heavy atom. The number of fused-ring (bicyclic) bond motifs is 1. The summed E-state index contributed by atoms with van der Waals surface area (Å²) in [6, 6.07) is 5.44. The Balaban J connectivity index is 1.62. The Morgan fingerprint density at radius 3 is 2.68 bits per heavy atom. The molecule has 0 radical (unpaired) electrons. The molecule has 12 heteroatoms. The standard InChI is InChI=1S/C22H16ClF4N5O2/c1-11-5-15(24)7-29-20(11)32-9-14-8-31(10-16(14)30-32)21(33)18-17(34-12(2)22(25,26)27)4-3-13(6-28)19(18)23/h3-5,7,9,12H,8,10H2,1-2H3/t12-/m0/s1. The van der Waals surface area contributed by atoms with E-state index in [0.29, 0.717) is 22.6 Å². The van der Waals surface area contributed by atoms with E-state index in [1.165, 1.54) is 21.7 Å². The van der Waals surface area contributed by atoms with Crippen molar-refractivity contribution >= 4 is 17.5 Å². The summed E-state index contributed by atoms with van der Waals surface area (Å²) < 4.78 is 58.9. The van der Waals surface area contributed by atoms with Gasteiger partial charge in [0, 0.05) is 18.3 Å². The lowest BCUT2D eigenvalue weighted by Crippen LogP contribution is -2.33. The third kappa shape index (κ3) is 4.28. The number of aryl methyl sites for hydroxylation is 1. The van der Waals surface area contributed by atoms with Crippen LogP contribution in [-0.2, 0) is 13.1 Å². The predicted molar refractivity (Wildman–Crippen MR) is 112 cm³/mol. The van der Waals surface area contributed by atoms with E-state index in [2.05, 4.69) is 10.1 Å². The van der Waals surface area contributed by atoms with Gasteiger partial charge >= 0.3 is 6.18 Å². The lowest BCUT2D eigenvalue weighted by atomic mass is 10.1. The van der Waals surface area contributed by atoms with E-state index in [9.17, 15) is 27.6 Å². The first-order chi connectivity index (χ1) is 16.0. The quantitative estimate of drug-likeness (QED) is 0.491. The Bertz CT molecular complexity index is 1310. The highest BCUT2D eigenvalue weighted by Gasteiger charge is 2.39. The average molecular weight is 494 g/mol. The van der Waals surface area contributed by atoms with Gasteiger partial charge in [0.05, 0.1) is 29.0 Å². The molecular formula is C22H16ClF4N5O2. The van der Waals surface area contributed by atoms with Crippen LogP contribution >= 0.6 is 11.6 Å². The molecule has 2 aromatic heterocycles. The molecule has 3 aromatic rings. The first-order valence-corrected chi connectivity index (χ1v) is 10.3. The van der Waals surface area contributed by atoms with Crippen LogP contribution in [-0.4, -0.2) is 37.9 Å². The fraction of sp³-hybridized carbons (Fsp3) is 0.273. The summed E-state index contributed by atoms with van der Waals surface area (Å²) in [5.74, 6) is -1.13. The van der Waals surface area contributed by atoms with E-state index in [-0.39, 0.29) is 35.0 Å². The van der Waals surface area contributed by atoms with Gasteiger partial charge in [-0.2, -0.15) is 23.5 Å². The molecule has 1 aliphatic rings. The van der Waals surface area contributed by atoms with Crippen molar-refractivity contribution in [2.24, 2.45) is 0 Å². The van der Waals surface area contributed by atoms with Gasteiger partial charge in [0.15, 0.2) is 11.9 Å². The van der Waals surface area contributed by atoms with Crippen molar-refractivity contribution in [1.82, 2.24) is 19.7 Å². The normalized spacial score (nSPS) is 14.0. The van der Waals surface area contributed by atoms with Crippen LogP contribution in [0.3, 0.4) is 0 Å². The highest BCUT2D eigenvalue weighted by Crippen LogP contribution is 2.36. The summed E-state index contributed by atoms with van der Waals surface area (Å²) >= 11 is 6.22. The van der Waals surface area contributed by atoms with Crippen molar-refractivity contribution in [3.05, 3.63) is 69.4 Å². The number of nitriles is 1. The van der Waals surface area contributed by atoms with Crippen molar-refractivity contribution in [3.63, 3.8) is 0 Å². The first kappa shape index (κ1) is 23.5. The second-order valence-electron chi connectivity index (χ2n) is 7.71. The largest absolute Gasteiger partial charge is 0.480 e. The van der Waals surface area contributed by atoms with Crippen LogP contribution in [0.1, 0.15) is 39.7 Å². The number of nitrogens with zero attached hydrogens (tertiary/aromatic N) is 5. The zero-order chi connectivity index (χ0) is 24.8. The maximum absolute atomic E-state index is 13.4. The van der Waals surface area contributed by atoms with Crippen LogP contribution in [0.4, 0.5) is 17.6 Å². The number of carbonyl (C=O) groups excluding carboxylic acids is 1. The minimum atomic E-state index is -4.67. The molecule has 1 amide bonds. The van der Waals surface area contributed by atoms with E-state index in [1.807, 2.05) is 6.07 Å². The fourth-order valence-corrected chi connectivity index (χ4v) is 3.81. The molecule has 3 heterocycles. The summed E-state index contributed by atoms with van der Waals surface area (Å²) in [7, 11) is 0. The molecule has 0 bridgehead atoms. The monoisotopic (exact) mass is 493 g/mol. The van der Waals surface area contributed by atoms with Crippen LogP contribution < -0.4 is 4.74 Å². The molecule has 0 unspecified atom stereocenters. The third-order valence-corrected chi connectivity index (χ3v) is 5.70. The topological polar surface area (TPSA) is 84.0 Å². The van der Waals surface area contributed by atoms with Crippen molar-refractivity contribution in [2.75, 3.05) is 0 Å². The second-order valence-corrected chi connectivity index (χ2v) is 8.09. The number of carbonyl (C=O) groups is 1. The maximum atomic E-state index is 13.4. The fourth-order valence-electron chi connectivity index (χ4n) is 3.54. The number of rotatable bonds is 4. The number of halogens is 5. The van der Waals surface area contributed by atoms with Gasteiger partial charge in [-0.1, -0.05) is 11.6 Å². The van der Waals surface area contributed by atoms with Crippen molar-refractivity contribution in [3.8, 4) is 17.6 Å². The molecule has 0 spiro atoms. The van der Waals surface area contributed by atoms with E-state index in [0.717, 1.165) is 19.2 Å². The number of alkyl halides is 3. The molecule has 1 atom stereocenters. The minimum Gasteiger partial charge on any atom is -0.480 e. The third-order valence-electron chi connectivity index (χ3n) is 5.30. The molecule has 0 N–H and O–H groups in total. The number of aromatic nitrogens is 3. The predicted octanol–water partition coefficient (Wildman–Crippen LogP) is 4.73. The molecular weight excluding hydrogens is 478 g/mol. The Hall–Kier alpha value is -3.65. The van der Waals surface area contributed by atoms with Gasteiger partial charge in [0.1, 0.15) is 23.2 Å². The maximum Gasteiger partial charge on any atom is 0.425 e. The van der Waals surface area contributed by atoms with Crippen molar-refractivity contribution < 1.29 is 27.1 Å². The van der Waals surface area contributed by atoms with Gasteiger partial charge in [0.25, 0.3) is 5.91 Å². The van der Waals surface area contributed by atoms with E-state index in [1.54, 1.807) is 13.1 Å². The molecule has 34 heavy (non-hydrogen) atoms. The summed E-state index contributed by atoms with van der Waals surface area (Å²) in [6.45, 7) is 2.63. The molecule has 0 fully saturated rings. The molecule has 1 aliphatic heterocycles. The van der Waals surface area contributed by atoms with Crippen LogP contribution in [0.5, 0.6) is 5.75 Å². The molecule has 1 aromatic carbocycles. The first-order valence-electron chi connectivity index (χ1n) is 9.94. The zero-order valence-corrected chi connectivity index (χ0v) is 18.6. The van der Waals surface area contributed by atoms with E-state index < -0.39 is 24.0 Å². The Labute approximate surface area is 196 Å². The number of benzene rings is 1.